The summed E-state index contributed by atoms with van der Waals surface area (Å²) in [5, 5.41) is 18.9. The highest BCUT2D eigenvalue weighted by Crippen LogP contribution is 2.30. The molecule has 7 nitrogen and oxygen atoms in total. The van der Waals surface area contributed by atoms with E-state index in [0.29, 0.717) is 11.5 Å². The molecule has 9 heteroatoms. The second kappa shape index (κ2) is 7.24. The molecule has 0 N–H and O–H groups in total. The molecule has 1 aliphatic heterocycles. The standard InChI is InChI=1S/C17H18N6OS2/c1-3-22-14-11-6-5-7-12(8-11)15-19-21-17(23(15)4-2)26-10-13(24)9-25-16(22)20-18-14/h5-8H,3-4,9-10H2,1-2H3. The number of nitrogens with zero attached hydrogens (tertiary/aromatic N) is 6. The van der Waals surface area contributed by atoms with Crippen LogP contribution >= 0.6 is 23.5 Å². The first-order valence-electron chi connectivity index (χ1n) is 8.45. The van der Waals surface area contributed by atoms with Crippen LogP contribution in [0.2, 0.25) is 0 Å². The van der Waals surface area contributed by atoms with Crippen molar-refractivity contribution in [2.45, 2.75) is 37.2 Å². The molecular weight excluding hydrogens is 368 g/mol. The minimum Gasteiger partial charge on any atom is -0.302 e. The Balaban J connectivity index is 1.90. The number of carbonyl (C=O) groups is 1. The van der Waals surface area contributed by atoms with Crippen LogP contribution in [-0.4, -0.2) is 46.8 Å². The summed E-state index contributed by atoms with van der Waals surface area (Å²) >= 11 is 2.88. The van der Waals surface area contributed by atoms with Gasteiger partial charge in [-0.05, 0) is 19.9 Å². The predicted molar refractivity (Wildman–Crippen MR) is 102 cm³/mol. The predicted octanol–water partition coefficient (Wildman–Crippen LogP) is 3.01. The molecule has 0 spiro atoms. The lowest BCUT2D eigenvalue weighted by Gasteiger charge is -2.11. The van der Waals surface area contributed by atoms with Crippen molar-refractivity contribution in [3.8, 4) is 22.8 Å². The fraction of sp³-hybridized carbons (Fsp3) is 0.353. The smallest absolute Gasteiger partial charge is 0.191 e. The van der Waals surface area contributed by atoms with Gasteiger partial charge in [0.05, 0.1) is 11.5 Å². The molecule has 2 aromatic heterocycles. The summed E-state index contributed by atoms with van der Waals surface area (Å²) in [5.41, 5.74) is 1.96. The average molecular weight is 387 g/mol. The van der Waals surface area contributed by atoms with E-state index in [1.54, 1.807) is 0 Å². The zero-order valence-electron chi connectivity index (χ0n) is 14.5. The van der Waals surface area contributed by atoms with Crippen molar-refractivity contribution in [3.05, 3.63) is 24.3 Å². The van der Waals surface area contributed by atoms with Gasteiger partial charge in [-0.25, -0.2) is 0 Å². The second-order valence-electron chi connectivity index (χ2n) is 5.80. The number of hydrogen-bond acceptors (Lipinski definition) is 7. The van der Waals surface area contributed by atoms with E-state index >= 15 is 0 Å². The first-order valence-corrected chi connectivity index (χ1v) is 10.4. The lowest BCUT2D eigenvalue weighted by Crippen LogP contribution is -2.08. The molecule has 1 aliphatic rings. The van der Waals surface area contributed by atoms with Crippen molar-refractivity contribution in [1.82, 2.24) is 29.5 Å². The van der Waals surface area contributed by atoms with Gasteiger partial charge in [-0.3, -0.25) is 4.79 Å². The Bertz CT molecular complexity index is 893. The number of rotatable bonds is 2. The van der Waals surface area contributed by atoms with E-state index in [4.69, 9.17) is 0 Å². The highest BCUT2D eigenvalue weighted by molar-refractivity contribution is 8.01. The maximum Gasteiger partial charge on any atom is 0.191 e. The molecule has 3 aromatic rings. The van der Waals surface area contributed by atoms with E-state index < -0.39 is 0 Å². The van der Waals surface area contributed by atoms with Gasteiger partial charge in [0.25, 0.3) is 0 Å². The SMILES string of the molecule is CCn1c2nnc1-c1cccc(c1)-c1nnc(n1CC)SCC(=O)CS2. The Kier molecular flexibility index (Phi) is 4.82. The quantitative estimate of drug-likeness (QED) is 0.670. The molecule has 0 saturated heterocycles. The number of Topliss-reactive ketones (excluding diaryl/α,β-unsaturated/α-hetero) is 1. The van der Waals surface area contributed by atoms with E-state index in [0.717, 1.165) is 46.2 Å². The van der Waals surface area contributed by atoms with Crippen LogP contribution in [0.4, 0.5) is 0 Å². The van der Waals surface area contributed by atoms with E-state index in [1.807, 2.05) is 27.3 Å². The van der Waals surface area contributed by atoms with Crippen molar-refractivity contribution in [1.29, 1.82) is 0 Å². The Morgan fingerprint density at radius 1 is 0.885 bits per heavy atom. The van der Waals surface area contributed by atoms with Crippen molar-refractivity contribution in [3.63, 3.8) is 0 Å². The molecule has 134 valence electrons. The molecule has 0 saturated carbocycles. The number of fused-ring (bicyclic) bond motifs is 8. The van der Waals surface area contributed by atoms with Gasteiger partial charge in [0.1, 0.15) is 0 Å². The third-order valence-electron chi connectivity index (χ3n) is 4.17. The van der Waals surface area contributed by atoms with Crippen molar-refractivity contribution in [2.75, 3.05) is 11.5 Å². The largest absolute Gasteiger partial charge is 0.302 e. The topological polar surface area (TPSA) is 78.5 Å². The minimum atomic E-state index is 0.148. The minimum absolute atomic E-state index is 0.148. The first kappa shape index (κ1) is 17.3. The third-order valence-corrected chi connectivity index (χ3v) is 6.22. The molecular formula is C17H18N6OS2. The highest BCUT2D eigenvalue weighted by atomic mass is 32.2. The Hall–Kier alpha value is -2.13. The molecule has 26 heavy (non-hydrogen) atoms. The summed E-state index contributed by atoms with van der Waals surface area (Å²) in [5.74, 6) is 2.50. The summed E-state index contributed by atoms with van der Waals surface area (Å²) in [6.45, 7) is 5.60. The fourth-order valence-corrected chi connectivity index (χ4v) is 4.77. The van der Waals surface area contributed by atoms with E-state index in [2.05, 4.69) is 40.3 Å². The number of hydrogen-bond donors (Lipinski definition) is 0. The summed E-state index contributed by atoms with van der Waals surface area (Å²) in [6.07, 6.45) is 0. The molecule has 1 aromatic carbocycles. The molecule has 0 fully saturated rings. The average Bonchev–Trinajstić information content (AvgIpc) is 3.27. The van der Waals surface area contributed by atoms with Crippen molar-refractivity contribution >= 4 is 29.3 Å². The van der Waals surface area contributed by atoms with Crippen LogP contribution in [0.25, 0.3) is 22.8 Å². The van der Waals surface area contributed by atoms with Crippen LogP contribution < -0.4 is 0 Å². The van der Waals surface area contributed by atoms with Gasteiger partial charge in [0.15, 0.2) is 27.7 Å². The maximum atomic E-state index is 12.3. The Morgan fingerprint density at radius 3 is 1.85 bits per heavy atom. The maximum absolute atomic E-state index is 12.3. The lowest BCUT2D eigenvalue weighted by molar-refractivity contribution is -0.114. The van der Waals surface area contributed by atoms with Gasteiger partial charge < -0.3 is 9.13 Å². The van der Waals surface area contributed by atoms with Crippen molar-refractivity contribution < 1.29 is 4.79 Å². The van der Waals surface area contributed by atoms with Gasteiger partial charge in [0.2, 0.25) is 0 Å². The molecule has 0 aliphatic carbocycles. The van der Waals surface area contributed by atoms with Crippen LogP contribution in [-0.2, 0) is 17.9 Å². The molecule has 0 unspecified atom stereocenters. The molecule has 0 amide bonds. The van der Waals surface area contributed by atoms with Crippen LogP contribution in [0.3, 0.4) is 0 Å². The van der Waals surface area contributed by atoms with Gasteiger partial charge in [-0.2, -0.15) is 0 Å². The molecule has 0 radical (unpaired) electrons. The van der Waals surface area contributed by atoms with Gasteiger partial charge >= 0.3 is 0 Å². The summed E-state index contributed by atoms with van der Waals surface area (Å²) < 4.78 is 4.10. The van der Waals surface area contributed by atoms with Gasteiger partial charge in [-0.15, -0.1) is 20.4 Å². The number of aromatic nitrogens is 6. The normalized spacial score (nSPS) is 14.3. The monoisotopic (exact) mass is 386 g/mol. The van der Waals surface area contributed by atoms with Crippen molar-refractivity contribution in [2.24, 2.45) is 0 Å². The molecule has 6 bridgehead atoms. The molecule has 3 heterocycles. The second-order valence-corrected chi connectivity index (χ2v) is 7.68. The fourth-order valence-electron chi connectivity index (χ4n) is 2.92. The number of thioether (sulfide) groups is 2. The zero-order chi connectivity index (χ0) is 18.1. The first-order chi connectivity index (χ1) is 12.7. The zero-order valence-corrected chi connectivity index (χ0v) is 16.2. The lowest BCUT2D eigenvalue weighted by atomic mass is 10.1. The van der Waals surface area contributed by atoms with E-state index in [-0.39, 0.29) is 5.78 Å². The molecule has 0 atom stereocenters. The third kappa shape index (κ3) is 3.05. The van der Waals surface area contributed by atoms with Crippen LogP contribution in [0.5, 0.6) is 0 Å². The number of benzene rings is 1. The molecule has 4 rings (SSSR count). The summed E-state index contributed by atoms with van der Waals surface area (Å²) in [4.78, 5) is 12.3. The van der Waals surface area contributed by atoms with E-state index in [9.17, 15) is 4.79 Å². The van der Waals surface area contributed by atoms with Gasteiger partial charge in [-0.1, -0.05) is 41.7 Å². The Labute approximate surface area is 159 Å². The number of ketones is 1. The summed E-state index contributed by atoms with van der Waals surface area (Å²) in [7, 11) is 0. The highest BCUT2D eigenvalue weighted by Gasteiger charge is 2.19. The number of carbonyl (C=O) groups excluding carboxylic acids is 1. The van der Waals surface area contributed by atoms with Crippen LogP contribution in [0.15, 0.2) is 34.6 Å². The summed E-state index contributed by atoms with van der Waals surface area (Å²) in [6, 6.07) is 8.12. The van der Waals surface area contributed by atoms with E-state index in [1.165, 1.54) is 23.5 Å². The van der Waals surface area contributed by atoms with Gasteiger partial charge in [0, 0.05) is 24.2 Å². The van der Waals surface area contributed by atoms with Crippen LogP contribution in [0, 0.1) is 0 Å². The van der Waals surface area contributed by atoms with Crippen LogP contribution in [0.1, 0.15) is 13.8 Å². The Morgan fingerprint density at radius 2 is 1.38 bits per heavy atom.